The minimum Gasteiger partial charge on any atom is -0.466 e. The molecule has 1 saturated carbocycles. The molecule has 2 atom stereocenters. The van der Waals surface area contributed by atoms with Crippen LogP contribution in [-0.2, 0) is 9.53 Å². The normalized spacial score (nSPS) is 30.5. The molecule has 15 heavy (non-hydrogen) atoms. The SMILES string of the molecule is CCOC(=O)CCC1(O)CCCC1CC. The summed E-state index contributed by atoms with van der Waals surface area (Å²) in [7, 11) is 0. The number of carbonyl (C=O) groups excluding carboxylic acids is 1. The lowest BCUT2D eigenvalue weighted by molar-refractivity contribution is -0.145. The highest BCUT2D eigenvalue weighted by atomic mass is 16.5. The summed E-state index contributed by atoms with van der Waals surface area (Å²) in [4.78, 5) is 11.2. The van der Waals surface area contributed by atoms with E-state index in [2.05, 4.69) is 6.92 Å². The molecule has 1 aliphatic rings. The molecule has 0 aromatic rings. The summed E-state index contributed by atoms with van der Waals surface area (Å²) in [5.41, 5.74) is -0.610. The molecule has 0 aromatic heterocycles. The van der Waals surface area contributed by atoms with Gasteiger partial charge >= 0.3 is 5.97 Å². The minimum absolute atomic E-state index is 0.187. The predicted octanol–water partition coefficient (Wildman–Crippen LogP) is 2.27. The maximum atomic E-state index is 11.2. The second-order valence-electron chi connectivity index (χ2n) is 4.41. The van der Waals surface area contributed by atoms with Gasteiger partial charge in [0.05, 0.1) is 12.2 Å². The van der Waals surface area contributed by atoms with Crippen LogP contribution in [0.1, 0.15) is 52.4 Å². The molecule has 3 nitrogen and oxygen atoms in total. The first-order valence-corrected chi connectivity index (χ1v) is 6.00. The Hall–Kier alpha value is -0.570. The number of hydrogen-bond donors (Lipinski definition) is 1. The number of esters is 1. The van der Waals surface area contributed by atoms with Crippen LogP contribution in [-0.4, -0.2) is 23.3 Å². The van der Waals surface area contributed by atoms with E-state index >= 15 is 0 Å². The van der Waals surface area contributed by atoms with Crippen molar-refractivity contribution in [2.24, 2.45) is 5.92 Å². The van der Waals surface area contributed by atoms with Gasteiger partial charge < -0.3 is 9.84 Å². The molecule has 0 spiro atoms. The predicted molar refractivity (Wildman–Crippen MR) is 58.4 cm³/mol. The van der Waals surface area contributed by atoms with Gasteiger partial charge in [-0.2, -0.15) is 0 Å². The Labute approximate surface area is 91.8 Å². The van der Waals surface area contributed by atoms with E-state index in [9.17, 15) is 9.90 Å². The van der Waals surface area contributed by atoms with Gasteiger partial charge in [0.2, 0.25) is 0 Å². The lowest BCUT2D eigenvalue weighted by atomic mass is 9.85. The van der Waals surface area contributed by atoms with Crippen molar-refractivity contribution in [3.63, 3.8) is 0 Å². The quantitative estimate of drug-likeness (QED) is 0.714. The zero-order valence-electron chi connectivity index (χ0n) is 9.79. The minimum atomic E-state index is -0.610. The molecule has 1 rings (SSSR count). The highest BCUT2D eigenvalue weighted by Crippen LogP contribution is 2.40. The van der Waals surface area contributed by atoms with Crippen LogP contribution in [0.3, 0.4) is 0 Å². The summed E-state index contributed by atoms with van der Waals surface area (Å²) in [5, 5.41) is 10.4. The first-order valence-electron chi connectivity index (χ1n) is 6.00. The summed E-state index contributed by atoms with van der Waals surface area (Å²) in [6.07, 6.45) is 4.92. The Morgan fingerprint density at radius 1 is 1.53 bits per heavy atom. The van der Waals surface area contributed by atoms with Crippen LogP contribution < -0.4 is 0 Å². The van der Waals surface area contributed by atoms with Gasteiger partial charge in [-0.3, -0.25) is 4.79 Å². The van der Waals surface area contributed by atoms with Crippen LogP contribution in [0.2, 0.25) is 0 Å². The molecule has 1 aliphatic carbocycles. The van der Waals surface area contributed by atoms with Crippen molar-refractivity contribution >= 4 is 5.97 Å². The van der Waals surface area contributed by atoms with Gasteiger partial charge in [0.15, 0.2) is 0 Å². The van der Waals surface area contributed by atoms with Crippen molar-refractivity contribution < 1.29 is 14.6 Å². The smallest absolute Gasteiger partial charge is 0.305 e. The van der Waals surface area contributed by atoms with E-state index in [4.69, 9.17) is 4.74 Å². The molecule has 3 heteroatoms. The van der Waals surface area contributed by atoms with Gasteiger partial charge in [-0.25, -0.2) is 0 Å². The zero-order valence-corrected chi connectivity index (χ0v) is 9.79. The van der Waals surface area contributed by atoms with Crippen molar-refractivity contribution in [1.82, 2.24) is 0 Å². The van der Waals surface area contributed by atoms with Gasteiger partial charge in [-0.15, -0.1) is 0 Å². The Kier molecular flexibility index (Phi) is 4.58. The Morgan fingerprint density at radius 2 is 2.27 bits per heavy atom. The summed E-state index contributed by atoms with van der Waals surface area (Å²) in [6, 6.07) is 0. The fourth-order valence-corrected chi connectivity index (χ4v) is 2.59. The molecule has 0 heterocycles. The first-order chi connectivity index (χ1) is 7.12. The van der Waals surface area contributed by atoms with Crippen molar-refractivity contribution in [2.75, 3.05) is 6.61 Å². The third-order valence-electron chi connectivity index (χ3n) is 3.48. The van der Waals surface area contributed by atoms with Crippen LogP contribution in [0.25, 0.3) is 0 Å². The van der Waals surface area contributed by atoms with Gasteiger partial charge in [0, 0.05) is 6.42 Å². The van der Waals surface area contributed by atoms with Crippen LogP contribution in [0.15, 0.2) is 0 Å². The number of ether oxygens (including phenoxy) is 1. The Balaban J connectivity index is 2.38. The van der Waals surface area contributed by atoms with Crippen molar-refractivity contribution in [3.05, 3.63) is 0 Å². The van der Waals surface area contributed by atoms with Gasteiger partial charge in [0.25, 0.3) is 0 Å². The fraction of sp³-hybridized carbons (Fsp3) is 0.917. The molecule has 0 amide bonds. The van der Waals surface area contributed by atoms with Crippen LogP contribution in [0.4, 0.5) is 0 Å². The maximum absolute atomic E-state index is 11.2. The van der Waals surface area contributed by atoms with Gasteiger partial charge in [-0.05, 0) is 32.1 Å². The molecule has 0 aromatic carbocycles. The molecule has 0 radical (unpaired) electrons. The van der Waals surface area contributed by atoms with Crippen LogP contribution in [0.5, 0.6) is 0 Å². The number of aliphatic hydroxyl groups is 1. The van der Waals surface area contributed by atoms with Crippen LogP contribution >= 0.6 is 0 Å². The fourth-order valence-electron chi connectivity index (χ4n) is 2.59. The standard InChI is InChI=1S/C12H22O3/c1-3-10-6-5-8-12(10,14)9-7-11(13)15-4-2/h10,14H,3-9H2,1-2H3. The second-order valence-corrected chi connectivity index (χ2v) is 4.41. The van der Waals surface area contributed by atoms with E-state index in [0.717, 1.165) is 25.7 Å². The van der Waals surface area contributed by atoms with E-state index in [1.807, 2.05) is 0 Å². The molecule has 0 saturated heterocycles. The third kappa shape index (κ3) is 3.20. The number of carbonyl (C=O) groups is 1. The van der Waals surface area contributed by atoms with E-state index in [-0.39, 0.29) is 5.97 Å². The van der Waals surface area contributed by atoms with Crippen molar-refractivity contribution in [3.8, 4) is 0 Å². The van der Waals surface area contributed by atoms with E-state index in [1.165, 1.54) is 0 Å². The van der Waals surface area contributed by atoms with Crippen molar-refractivity contribution in [1.29, 1.82) is 0 Å². The lowest BCUT2D eigenvalue weighted by Gasteiger charge is -2.29. The van der Waals surface area contributed by atoms with E-state index in [1.54, 1.807) is 6.92 Å². The molecule has 2 unspecified atom stereocenters. The molecule has 0 bridgehead atoms. The second kappa shape index (κ2) is 5.50. The summed E-state index contributed by atoms with van der Waals surface area (Å²) >= 11 is 0. The molecule has 88 valence electrons. The molecule has 0 aliphatic heterocycles. The maximum Gasteiger partial charge on any atom is 0.305 e. The van der Waals surface area contributed by atoms with Gasteiger partial charge in [0.1, 0.15) is 0 Å². The lowest BCUT2D eigenvalue weighted by Crippen LogP contribution is -2.33. The van der Waals surface area contributed by atoms with Crippen molar-refractivity contribution in [2.45, 2.75) is 58.0 Å². The Bertz CT molecular complexity index is 215. The van der Waals surface area contributed by atoms with E-state index < -0.39 is 5.60 Å². The largest absolute Gasteiger partial charge is 0.466 e. The van der Waals surface area contributed by atoms with Crippen LogP contribution in [0, 0.1) is 5.92 Å². The third-order valence-corrected chi connectivity index (χ3v) is 3.48. The topological polar surface area (TPSA) is 46.5 Å². The first kappa shape index (κ1) is 12.5. The Morgan fingerprint density at radius 3 is 2.87 bits per heavy atom. The van der Waals surface area contributed by atoms with E-state index in [0.29, 0.717) is 25.4 Å². The number of rotatable bonds is 5. The average Bonchev–Trinajstić information content (AvgIpc) is 2.58. The monoisotopic (exact) mass is 214 g/mol. The number of hydrogen-bond acceptors (Lipinski definition) is 3. The summed E-state index contributed by atoms with van der Waals surface area (Å²) in [6.45, 7) is 4.33. The highest BCUT2D eigenvalue weighted by molar-refractivity contribution is 5.69. The molecular formula is C12H22O3. The highest BCUT2D eigenvalue weighted by Gasteiger charge is 2.39. The zero-order chi connectivity index (χ0) is 11.3. The molecular weight excluding hydrogens is 192 g/mol. The molecule has 1 fully saturated rings. The van der Waals surface area contributed by atoms with Gasteiger partial charge in [-0.1, -0.05) is 19.8 Å². The molecule has 1 N–H and O–H groups in total. The summed E-state index contributed by atoms with van der Waals surface area (Å²) in [5.74, 6) is 0.180. The average molecular weight is 214 g/mol. The summed E-state index contributed by atoms with van der Waals surface area (Å²) < 4.78 is 4.87.